The van der Waals surface area contributed by atoms with Gasteiger partial charge in [-0.3, -0.25) is 4.79 Å². The van der Waals surface area contributed by atoms with E-state index in [1.165, 1.54) is 0 Å². The molecule has 0 saturated heterocycles. The molecule has 0 aliphatic rings. The van der Waals surface area contributed by atoms with Crippen LogP contribution in [-0.2, 0) is 9.63 Å². The van der Waals surface area contributed by atoms with E-state index < -0.39 is 0 Å². The molecule has 0 spiro atoms. The Morgan fingerprint density at radius 2 is 2.43 bits per heavy atom. The van der Waals surface area contributed by atoms with Crippen LogP contribution in [0.3, 0.4) is 0 Å². The first-order valence-corrected chi connectivity index (χ1v) is 5.10. The summed E-state index contributed by atoms with van der Waals surface area (Å²) in [6.45, 7) is 3.72. The summed E-state index contributed by atoms with van der Waals surface area (Å²) >= 11 is 1.64. The molecular weight excluding hydrogens is 222 g/mol. The predicted molar refractivity (Wildman–Crippen MR) is 59.5 cm³/mol. The van der Waals surface area contributed by atoms with Crippen molar-refractivity contribution in [3.8, 4) is 0 Å². The Bertz CT molecular complexity index is 264. The topological polar surface area (TPSA) is 38.3 Å². The maximum absolute atomic E-state index is 10.8. The maximum Gasteiger partial charge on any atom is 0.324 e. The number of halogens is 1. The summed E-state index contributed by atoms with van der Waals surface area (Å²) in [5, 5.41) is 2.00. The average molecular weight is 236 g/mol. The summed E-state index contributed by atoms with van der Waals surface area (Å²) in [4.78, 5) is 16.8. The Kier molecular flexibility index (Phi) is 6.53. The highest BCUT2D eigenvalue weighted by atomic mass is 35.5. The molecule has 0 fully saturated rings. The van der Waals surface area contributed by atoms with E-state index >= 15 is 0 Å². The first kappa shape index (κ1) is 13.4. The molecule has 0 radical (unpaired) electrons. The molecule has 0 amide bonds. The van der Waals surface area contributed by atoms with Gasteiger partial charge < -0.3 is 4.84 Å². The van der Waals surface area contributed by atoms with E-state index in [-0.39, 0.29) is 24.4 Å². The Morgan fingerprint density at radius 1 is 1.71 bits per heavy atom. The van der Waals surface area contributed by atoms with Crippen LogP contribution in [0.5, 0.6) is 0 Å². The number of hydroxylamine groups is 1. The van der Waals surface area contributed by atoms with Crippen LogP contribution in [0.4, 0.5) is 0 Å². The van der Waals surface area contributed by atoms with E-state index in [1.54, 1.807) is 18.3 Å². The molecule has 1 heterocycles. The molecule has 0 aliphatic carbocycles. The summed E-state index contributed by atoms with van der Waals surface area (Å²) in [5.74, 6) is -0.233. The molecule has 1 atom stereocenters. The van der Waals surface area contributed by atoms with E-state index in [4.69, 9.17) is 4.84 Å². The van der Waals surface area contributed by atoms with E-state index in [0.29, 0.717) is 6.42 Å². The molecular formula is C9H14ClNO2S. The van der Waals surface area contributed by atoms with Crippen molar-refractivity contribution >= 4 is 29.7 Å². The second kappa shape index (κ2) is 6.81. The third-order valence-corrected chi connectivity index (χ3v) is 2.66. The van der Waals surface area contributed by atoms with E-state index in [0.717, 1.165) is 4.88 Å². The lowest BCUT2D eigenvalue weighted by atomic mass is 10.3. The van der Waals surface area contributed by atoms with E-state index in [2.05, 4.69) is 5.48 Å². The van der Waals surface area contributed by atoms with Gasteiger partial charge in [0.15, 0.2) is 0 Å². The lowest BCUT2D eigenvalue weighted by Crippen LogP contribution is -2.22. The summed E-state index contributed by atoms with van der Waals surface area (Å²) in [5.41, 5.74) is 2.70. The number of thiophene rings is 1. The summed E-state index contributed by atoms with van der Waals surface area (Å²) in [6, 6.07) is 4.04. The van der Waals surface area contributed by atoms with Crippen molar-refractivity contribution in [3.63, 3.8) is 0 Å². The Balaban J connectivity index is 0.00000169. The minimum absolute atomic E-state index is 0. The van der Waals surface area contributed by atoms with Gasteiger partial charge >= 0.3 is 5.97 Å². The van der Waals surface area contributed by atoms with Gasteiger partial charge in [-0.1, -0.05) is 13.0 Å². The molecule has 14 heavy (non-hydrogen) atoms. The standard InChI is InChI=1S/C9H13NO2S.ClH/c1-3-9(11)12-10-7(2)8-5-4-6-13-8;/h4-7,10H,3H2,1-2H3;1H. The molecule has 3 nitrogen and oxygen atoms in total. The zero-order valence-electron chi connectivity index (χ0n) is 8.15. The number of hydrogen-bond acceptors (Lipinski definition) is 4. The predicted octanol–water partition coefficient (Wildman–Crippen LogP) is 2.69. The Hall–Kier alpha value is -0.580. The third-order valence-electron chi connectivity index (χ3n) is 1.61. The highest BCUT2D eigenvalue weighted by Crippen LogP contribution is 2.17. The van der Waals surface area contributed by atoms with Crippen molar-refractivity contribution in [2.24, 2.45) is 0 Å². The highest BCUT2D eigenvalue weighted by Gasteiger charge is 2.07. The van der Waals surface area contributed by atoms with Crippen LogP contribution in [0.2, 0.25) is 0 Å². The van der Waals surface area contributed by atoms with Crippen molar-refractivity contribution in [3.05, 3.63) is 22.4 Å². The van der Waals surface area contributed by atoms with Crippen molar-refractivity contribution in [2.75, 3.05) is 0 Å². The zero-order chi connectivity index (χ0) is 9.68. The van der Waals surface area contributed by atoms with Crippen LogP contribution >= 0.6 is 23.7 Å². The van der Waals surface area contributed by atoms with Gasteiger partial charge in [0.25, 0.3) is 0 Å². The smallest absolute Gasteiger partial charge is 0.324 e. The SMILES string of the molecule is CCC(=O)ONC(C)c1cccs1.Cl. The largest absolute Gasteiger partial charge is 0.370 e. The normalized spacial score (nSPS) is 11.6. The lowest BCUT2D eigenvalue weighted by molar-refractivity contribution is -0.152. The van der Waals surface area contributed by atoms with Gasteiger partial charge in [-0.15, -0.1) is 29.2 Å². The van der Waals surface area contributed by atoms with Crippen LogP contribution in [0, 0.1) is 0 Å². The maximum atomic E-state index is 10.8. The van der Waals surface area contributed by atoms with Gasteiger partial charge in [0.1, 0.15) is 0 Å². The van der Waals surface area contributed by atoms with Crippen molar-refractivity contribution in [1.29, 1.82) is 0 Å². The van der Waals surface area contributed by atoms with Gasteiger partial charge in [-0.25, -0.2) is 0 Å². The molecule has 1 rings (SSSR count). The Labute approximate surface area is 93.8 Å². The molecule has 0 saturated carbocycles. The van der Waals surface area contributed by atoms with Crippen LogP contribution in [0.1, 0.15) is 31.2 Å². The quantitative estimate of drug-likeness (QED) is 0.816. The first-order valence-electron chi connectivity index (χ1n) is 4.22. The minimum Gasteiger partial charge on any atom is -0.370 e. The van der Waals surface area contributed by atoms with Crippen molar-refractivity contribution in [2.45, 2.75) is 26.3 Å². The zero-order valence-corrected chi connectivity index (χ0v) is 9.78. The summed E-state index contributed by atoms with van der Waals surface area (Å²) in [7, 11) is 0. The van der Waals surface area contributed by atoms with Gasteiger partial charge in [-0.05, 0) is 18.4 Å². The minimum atomic E-state index is -0.233. The van der Waals surface area contributed by atoms with Gasteiger partial charge in [0, 0.05) is 11.3 Å². The van der Waals surface area contributed by atoms with E-state index in [9.17, 15) is 4.79 Å². The van der Waals surface area contributed by atoms with Gasteiger partial charge in [0.05, 0.1) is 6.04 Å². The second-order valence-electron chi connectivity index (χ2n) is 2.68. The molecule has 1 aromatic rings. The van der Waals surface area contributed by atoms with E-state index in [1.807, 2.05) is 24.4 Å². The number of carbonyl (C=O) groups excluding carboxylic acids is 1. The molecule has 0 bridgehead atoms. The lowest BCUT2D eigenvalue weighted by Gasteiger charge is -2.10. The molecule has 80 valence electrons. The summed E-state index contributed by atoms with van der Waals surface area (Å²) in [6.07, 6.45) is 0.393. The second-order valence-corrected chi connectivity index (χ2v) is 3.66. The van der Waals surface area contributed by atoms with Crippen molar-refractivity contribution < 1.29 is 9.63 Å². The number of hydrogen-bond donors (Lipinski definition) is 1. The van der Waals surface area contributed by atoms with Crippen LogP contribution in [0.25, 0.3) is 0 Å². The molecule has 1 N–H and O–H groups in total. The third kappa shape index (κ3) is 4.09. The van der Waals surface area contributed by atoms with Crippen LogP contribution < -0.4 is 5.48 Å². The first-order chi connectivity index (χ1) is 6.24. The molecule has 0 aliphatic heterocycles. The molecule has 1 aromatic heterocycles. The number of carbonyl (C=O) groups is 1. The number of nitrogens with one attached hydrogen (secondary N) is 1. The van der Waals surface area contributed by atoms with Crippen molar-refractivity contribution in [1.82, 2.24) is 5.48 Å². The highest BCUT2D eigenvalue weighted by molar-refractivity contribution is 7.10. The number of rotatable bonds is 4. The monoisotopic (exact) mass is 235 g/mol. The Morgan fingerprint density at radius 3 is 2.93 bits per heavy atom. The van der Waals surface area contributed by atoms with Gasteiger partial charge in [0.2, 0.25) is 0 Å². The van der Waals surface area contributed by atoms with Gasteiger partial charge in [-0.2, -0.15) is 0 Å². The fourth-order valence-electron chi connectivity index (χ4n) is 0.822. The molecule has 1 unspecified atom stereocenters. The fourth-order valence-corrected chi connectivity index (χ4v) is 1.55. The fraction of sp³-hybridized carbons (Fsp3) is 0.444. The average Bonchev–Trinajstić information content (AvgIpc) is 2.66. The molecule has 0 aromatic carbocycles. The summed E-state index contributed by atoms with van der Waals surface area (Å²) < 4.78 is 0. The van der Waals surface area contributed by atoms with Crippen LogP contribution in [-0.4, -0.2) is 5.97 Å². The van der Waals surface area contributed by atoms with Crippen LogP contribution in [0.15, 0.2) is 17.5 Å². The molecule has 5 heteroatoms.